The zero-order chi connectivity index (χ0) is 19.0. The number of aliphatic hydroxyl groups is 1. The molecule has 2 aromatic carbocycles. The maximum atomic E-state index is 14.0. The van der Waals surface area contributed by atoms with Crippen LogP contribution >= 0.6 is 0 Å². The summed E-state index contributed by atoms with van der Waals surface area (Å²) >= 11 is 0. The first-order chi connectivity index (χ1) is 13.0. The number of fused-ring (bicyclic) bond motifs is 1. The van der Waals surface area contributed by atoms with Gasteiger partial charge >= 0.3 is 0 Å². The van der Waals surface area contributed by atoms with Crippen LogP contribution in [0.2, 0.25) is 0 Å². The number of nitrogens with zero attached hydrogens (tertiary/aromatic N) is 1. The molecule has 5 heteroatoms. The largest absolute Gasteiger partial charge is 0.393 e. The molecule has 4 rings (SSSR count). The Morgan fingerprint density at radius 1 is 1.19 bits per heavy atom. The molecule has 0 bridgehead atoms. The van der Waals surface area contributed by atoms with Crippen LogP contribution in [0.4, 0.5) is 4.39 Å². The van der Waals surface area contributed by atoms with Crippen molar-refractivity contribution in [1.29, 1.82) is 0 Å². The lowest BCUT2D eigenvalue weighted by Crippen LogP contribution is -2.52. The summed E-state index contributed by atoms with van der Waals surface area (Å²) in [6.45, 7) is 0.624. The van der Waals surface area contributed by atoms with Gasteiger partial charge in [-0.2, -0.15) is 0 Å². The second-order valence-electron chi connectivity index (χ2n) is 7.52. The summed E-state index contributed by atoms with van der Waals surface area (Å²) < 4.78 is 19.8. The molecule has 0 spiro atoms. The van der Waals surface area contributed by atoms with E-state index in [9.17, 15) is 14.3 Å². The van der Waals surface area contributed by atoms with Gasteiger partial charge in [0.25, 0.3) is 5.91 Å². The van der Waals surface area contributed by atoms with E-state index in [2.05, 4.69) is 0 Å². The molecule has 1 amide bonds. The van der Waals surface area contributed by atoms with Crippen LogP contribution in [-0.2, 0) is 4.74 Å². The van der Waals surface area contributed by atoms with E-state index >= 15 is 0 Å². The zero-order valence-corrected chi connectivity index (χ0v) is 15.4. The molecular formula is C22H24FNO3. The van der Waals surface area contributed by atoms with Gasteiger partial charge in [-0.1, -0.05) is 30.3 Å². The molecule has 1 N–H and O–H groups in total. The smallest absolute Gasteiger partial charge is 0.254 e. The van der Waals surface area contributed by atoms with Crippen LogP contribution in [0.3, 0.4) is 0 Å². The van der Waals surface area contributed by atoms with Crippen molar-refractivity contribution in [2.75, 3.05) is 13.7 Å². The number of methoxy groups -OCH3 is 1. The van der Waals surface area contributed by atoms with Crippen LogP contribution in [0.25, 0.3) is 11.1 Å². The lowest BCUT2D eigenvalue weighted by Gasteiger charge is -2.42. The number of carbonyl (C=O) groups excluding carboxylic acids is 1. The molecule has 0 aromatic heterocycles. The van der Waals surface area contributed by atoms with Gasteiger partial charge in [0.15, 0.2) is 0 Å². The highest BCUT2D eigenvalue weighted by Gasteiger charge is 2.52. The molecule has 0 unspecified atom stereocenters. The Morgan fingerprint density at radius 3 is 2.63 bits per heavy atom. The van der Waals surface area contributed by atoms with Gasteiger partial charge in [-0.15, -0.1) is 0 Å². The first-order valence-electron chi connectivity index (χ1n) is 9.43. The number of carbonyl (C=O) groups is 1. The normalized spacial score (nSPS) is 27.4. The van der Waals surface area contributed by atoms with Crippen LogP contribution in [0, 0.1) is 5.82 Å². The second kappa shape index (κ2) is 7.06. The first kappa shape index (κ1) is 18.1. The second-order valence-corrected chi connectivity index (χ2v) is 7.52. The van der Waals surface area contributed by atoms with Crippen molar-refractivity contribution in [2.45, 2.75) is 43.4 Å². The number of hydrogen-bond acceptors (Lipinski definition) is 3. The van der Waals surface area contributed by atoms with E-state index in [-0.39, 0.29) is 23.4 Å². The average Bonchev–Trinajstić information content (AvgIpc) is 3.07. The van der Waals surface area contributed by atoms with Gasteiger partial charge in [-0.05, 0) is 49.4 Å². The van der Waals surface area contributed by atoms with E-state index in [1.54, 1.807) is 49.6 Å². The Bertz CT molecular complexity index is 838. The van der Waals surface area contributed by atoms with Crippen molar-refractivity contribution < 1.29 is 19.0 Å². The van der Waals surface area contributed by atoms with Crippen LogP contribution in [0.5, 0.6) is 0 Å². The zero-order valence-electron chi connectivity index (χ0n) is 15.4. The molecule has 1 saturated carbocycles. The topological polar surface area (TPSA) is 49.8 Å². The van der Waals surface area contributed by atoms with E-state index in [1.807, 2.05) is 4.90 Å². The maximum absolute atomic E-state index is 14.0. The summed E-state index contributed by atoms with van der Waals surface area (Å²) in [5, 5.41) is 10.1. The van der Waals surface area contributed by atoms with Crippen molar-refractivity contribution in [1.82, 2.24) is 4.90 Å². The van der Waals surface area contributed by atoms with Crippen molar-refractivity contribution in [3.05, 3.63) is 59.9 Å². The van der Waals surface area contributed by atoms with Gasteiger partial charge in [0.2, 0.25) is 0 Å². The number of likely N-dealkylation sites (tertiary alicyclic amines) is 1. The minimum Gasteiger partial charge on any atom is -0.393 e. The fourth-order valence-electron chi connectivity index (χ4n) is 4.57. The number of aliphatic hydroxyl groups excluding tert-OH is 1. The molecule has 2 fully saturated rings. The maximum Gasteiger partial charge on any atom is 0.254 e. The lowest BCUT2D eigenvalue weighted by atomic mass is 9.79. The highest BCUT2D eigenvalue weighted by molar-refractivity contribution is 5.95. The Morgan fingerprint density at radius 2 is 1.93 bits per heavy atom. The number of rotatable bonds is 3. The van der Waals surface area contributed by atoms with E-state index in [0.29, 0.717) is 30.5 Å². The Balaban J connectivity index is 1.57. The molecule has 1 aliphatic carbocycles. The molecule has 2 aliphatic rings. The van der Waals surface area contributed by atoms with E-state index in [0.717, 1.165) is 18.4 Å². The van der Waals surface area contributed by atoms with Crippen molar-refractivity contribution in [2.24, 2.45) is 0 Å². The van der Waals surface area contributed by atoms with Crippen molar-refractivity contribution in [3.8, 4) is 11.1 Å². The van der Waals surface area contributed by atoms with Gasteiger partial charge in [-0.25, -0.2) is 4.39 Å². The number of halogens is 1. The summed E-state index contributed by atoms with van der Waals surface area (Å²) in [5.41, 5.74) is 1.49. The fraction of sp³-hybridized carbons (Fsp3) is 0.409. The van der Waals surface area contributed by atoms with E-state index < -0.39 is 6.10 Å². The summed E-state index contributed by atoms with van der Waals surface area (Å²) in [6, 6.07) is 13.5. The van der Waals surface area contributed by atoms with Crippen molar-refractivity contribution >= 4 is 5.91 Å². The third-order valence-corrected chi connectivity index (χ3v) is 6.14. The minimum atomic E-state index is -0.393. The number of benzene rings is 2. The summed E-state index contributed by atoms with van der Waals surface area (Å²) in [5.74, 6) is -0.342. The molecule has 2 aromatic rings. The Hall–Kier alpha value is -2.24. The third-order valence-electron chi connectivity index (χ3n) is 6.14. The molecule has 142 valence electrons. The number of ether oxygens (including phenoxy) is 1. The highest BCUT2D eigenvalue weighted by atomic mass is 19.1. The van der Waals surface area contributed by atoms with Gasteiger partial charge in [0.1, 0.15) is 5.82 Å². The molecule has 1 heterocycles. The van der Waals surface area contributed by atoms with E-state index in [4.69, 9.17) is 4.74 Å². The molecule has 1 aliphatic heterocycles. The van der Waals surface area contributed by atoms with E-state index in [1.165, 1.54) is 6.07 Å². The average molecular weight is 369 g/mol. The van der Waals surface area contributed by atoms with Gasteiger partial charge in [0, 0.05) is 24.8 Å². The van der Waals surface area contributed by atoms with Crippen LogP contribution in [0.15, 0.2) is 48.5 Å². The fourth-order valence-corrected chi connectivity index (χ4v) is 4.57. The number of amides is 1. The lowest BCUT2D eigenvalue weighted by molar-refractivity contribution is -0.0824. The minimum absolute atomic E-state index is 0.0619. The van der Waals surface area contributed by atoms with Crippen LogP contribution in [-0.4, -0.2) is 47.3 Å². The molecule has 27 heavy (non-hydrogen) atoms. The Kier molecular flexibility index (Phi) is 4.74. The predicted molar refractivity (Wildman–Crippen MR) is 101 cm³/mol. The van der Waals surface area contributed by atoms with Gasteiger partial charge in [0.05, 0.1) is 17.7 Å². The third kappa shape index (κ3) is 3.15. The van der Waals surface area contributed by atoms with Gasteiger partial charge < -0.3 is 14.7 Å². The molecule has 1 saturated heterocycles. The first-order valence-corrected chi connectivity index (χ1v) is 9.43. The summed E-state index contributed by atoms with van der Waals surface area (Å²) in [4.78, 5) is 14.9. The Labute approximate surface area is 158 Å². The molecule has 3 atom stereocenters. The van der Waals surface area contributed by atoms with Gasteiger partial charge in [-0.3, -0.25) is 4.79 Å². The predicted octanol–water partition coefficient (Wildman–Crippen LogP) is 3.64. The van der Waals surface area contributed by atoms with Crippen LogP contribution < -0.4 is 0 Å². The molecule has 0 radical (unpaired) electrons. The highest BCUT2D eigenvalue weighted by Crippen LogP contribution is 2.43. The summed E-state index contributed by atoms with van der Waals surface area (Å²) in [7, 11) is 1.70. The SMILES string of the molecule is CO[C@@]12CC[C@@H](O)C[C@@H]1N(C(=O)c1ccc(-c3ccccc3F)cc1)CC2. The molecule has 4 nitrogen and oxygen atoms in total. The monoisotopic (exact) mass is 369 g/mol. The summed E-state index contributed by atoms with van der Waals surface area (Å²) in [6.07, 6.45) is 2.43. The van der Waals surface area contributed by atoms with Crippen LogP contribution in [0.1, 0.15) is 36.0 Å². The molecular weight excluding hydrogens is 345 g/mol. The standard InChI is InChI=1S/C22H24FNO3/c1-27-22-11-10-17(25)14-20(22)24(13-12-22)21(26)16-8-6-15(7-9-16)18-4-2-3-5-19(18)23/h2-9,17,20,25H,10-14H2,1H3/t17-,20+,22-/m1/s1. The van der Waals surface area contributed by atoms with Crippen molar-refractivity contribution in [3.63, 3.8) is 0 Å². The quantitative estimate of drug-likeness (QED) is 0.899. The number of hydrogen-bond donors (Lipinski definition) is 1.